The molecule has 2 aromatic carbocycles. The Morgan fingerprint density at radius 3 is 2.38 bits per heavy atom. The highest BCUT2D eigenvalue weighted by Gasteiger charge is 2.41. The van der Waals surface area contributed by atoms with Crippen LogP contribution in [0.15, 0.2) is 48.5 Å². The van der Waals surface area contributed by atoms with Crippen molar-refractivity contribution in [2.75, 3.05) is 52.6 Å². The third-order valence-corrected chi connectivity index (χ3v) is 6.34. The van der Waals surface area contributed by atoms with E-state index in [1.807, 2.05) is 17.0 Å². The fourth-order valence-corrected chi connectivity index (χ4v) is 4.39. The monoisotopic (exact) mass is 488 g/mol. The van der Waals surface area contributed by atoms with E-state index in [0.29, 0.717) is 63.3 Å². The zero-order valence-electron chi connectivity index (χ0n) is 19.0. The summed E-state index contributed by atoms with van der Waals surface area (Å²) in [4.78, 5) is 28.3. The smallest absolute Gasteiger partial charge is 0.335 e. The van der Waals surface area contributed by atoms with Gasteiger partial charge >= 0.3 is 5.97 Å². The Bertz CT molecular complexity index is 978. The Balaban J connectivity index is 1.47. The highest BCUT2D eigenvalue weighted by molar-refractivity contribution is 6.30. The first-order valence-corrected chi connectivity index (χ1v) is 11.7. The molecule has 0 aromatic heterocycles. The van der Waals surface area contributed by atoms with E-state index < -0.39 is 11.6 Å². The molecule has 0 radical (unpaired) electrons. The first kappa shape index (κ1) is 24.5. The molecule has 0 saturated carbocycles. The summed E-state index contributed by atoms with van der Waals surface area (Å²) in [6.07, 6.45) is 0.203. The van der Waals surface area contributed by atoms with Crippen LogP contribution in [-0.2, 0) is 20.8 Å². The second-order valence-corrected chi connectivity index (χ2v) is 9.09. The van der Waals surface area contributed by atoms with Gasteiger partial charge in [-0.3, -0.25) is 9.69 Å². The summed E-state index contributed by atoms with van der Waals surface area (Å²) in [5.41, 5.74) is 0.445. The second kappa shape index (κ2) is 11.2. The Morgan fingerprint density at radius 2 is 1.71 bits per heavy atom. The van der Waals surface area contributed by atoms with E-state index in [4.69, 9.17) is 30.9 Å². The number of ether oxygens (including phenoxy) is 3. The van der Waals surface area contributed by atoms with Gasteiger partial charge in [-0.15, -0.1) is 0 Å². The maximum Gasteiger partial charge on any atom is 0.335 e. The first-order valence-electron chi connectivity index (χ1n) is 11.3. The number of aromatic carboxylic acids is 1. The summed E-state index contributed by atoms with van der Waals surface area (Å²) in [5, 5.41) is 9.76. The number of carboxylic acid groups (broad SMARTS) is 1. The van der Waals surface area contributed by atoms with Crippen molar-refractivity contribution in [1.29, 1.82) is 0 Å². The van der Waals surface area contributed by atoms with Crippen LogP contribution in [0.1, 0.15) is 22.3 Å². The molecule has 2 heterocycles. The number of carbonyl (C=O) groups excluding carboxylic acids is 1. The van der Waals surface area contributed by atoms with Crippen LogP contribution in [0, 0.1) is 0 Å². The van der Waals surface area contributed by atoms with Crippen LogP contribution < -0.4 is 4.74 Å². The largest absolute Gasteiger partial charge is 0.491 e. The van der Waals surface area contributed by atoms with Crippen LogP contribution in [-0.4, -0.2) is 85.0 Å². The number of carboxylic acids is 1. The van der Waals surface area contributed by atoms with Gasteiger partial charge in [-0.1, -0.05) is 23.7 Å². The topological polar surface area (TPSA) is 88.5 Å². The van der Waals surface area contributed by atoms with Crippen molar-refractivity contribution in [1.82, 2.24) is 9.80 Å². The molecule has 1 N–H and O–H groups in total. The highest BCUT2D eigenvalue weighted by Crippen LogP contribution is 2.27. The average molecular weight is 489 g/mol. The van der Waals surface area contributed by atoms with Gasteiger partial charge in [0.2, 0.25) is 5.91 Å². The SMILES string of the molecule is O=C(O)c1ccc(CN2CCOC(COc3ccc(Cl)cc3)(CC(=O)N3CCOCC3)C2)cc1. The lowest BCUT2D eigenvalue weighted by molar-refractivity contribution is -0.159. The van der Waals surface area contributed by atoms with E-state index in [2.05, 4.69) is 4.90 Å². The lowest BCUT2D eigenvalue weighted by atomic mass is 9.96. The zero-order valence-corrected chi connectivity index (χ0v) is 19.7. The molecule has 2 fully saturated rings. The van der Waals surface area contributed by atoms with Gasteiger partial charge in [-0.05, 0) is 42.0 Å². The molecule has 0 bridgehead atoms. The standard InChI is InChI=1S/C25H29ClN2O6/c26-21-5-7-22(8-6-21)33-18-25(15-23(29)28-10-12-32-13-11-28)17-27(9-14-34-25)16-19-1-3-20(4-2-19)24(30)31/h1-8H,9-18H2,(H,30,31). The van der Waals surface area contributed by atoms with Gasteiger partial charge in [0.25, 0.3) is 0 Å². The lowest BCUT2D eigenvalue weighted by Gasteiger charge is -2.43. The van der Waals surface area contributed by atoms with Crippen molar-refractivity contribution in [3.8, 4) is 5.75 Å². The molecular formula is C25H29ClN2O6. The molecule has 182 valence electrons. The molecule has 1 amide bonds. The Hall–Kier alpha value is -2.65. The Labute approximate surface area is 204 Å². The lowest BCUT2D eigenvalue weighted by Crippen LogP contribution is -2.57. The maximum atomic E-state index is 13.1. The predicted octanol–water partition coefficient (Wildman–Crippen LogP) is 2.94. The molecule has 4 rings (SSSR count). The van der Waals surface area contributed by atoms with Crippen LogP contribution in [0.3, 0.4) is 0 Å². The number of benzene rings is 2. The van der Waals surface area contributed by atoms with Gasteiger partial charge in [0.1, 0.15) is 18.0 Å². The predicted molar refractivity (Wildman–Crippen MR) is 126 cm³/mol. The van der Waals surface area contributed by atoms with Gasteiger partial charge in [-0.2, -0.15) is 0 Å². The quantitative estimate of drug-likeness (QED) is 0.611. The van der Waals surface area contributed by atoms with Gasteiger partial charge in [0.15, 0.2) is 0 Å². The second-order valence-electron chi connectivity index (χ2n) is 8.66. The molecule has 8 nitrogen and oxygen atoms in total. The summed E-state index contributed by atoms with van der Waals surface area (Å²) in [6.45, 7) is 4.76. The fourth-order valence-electron chi connectivity index (χ4n) is 4.26. The summed E-state index contributed by atoms with van der Waals surface area (Å²) >= 11 is 5.99. The van der Waals surface area contributed by atoms with E-state index in [9.17, 15) is 9.59 Å². The zero-order chi connectivity index (χ0) is 24.0. The average Bonchev–Trinajstić information content (AvgIpc) is 2.85. The fraction of sp³-hybridized carbons (Fsp3) is 0.440. The molecular weight excluding hydrogens is 460 g/mol. The van der Waals surface area contributed by atoms with E-state index >= 15 is 0 Å². The summed E-state index contributed by atoms with van der Waals surface area (Å²) in [7, 11) is 0. The molecule has 0 spiro atoms. The molecule has 34 heavy (non-hydrogen) atoms. The number of rotatable bonds is 8. The van der Waals surface area contributed by atoms with Gasteiger partial charge in [-0.25, -0.2) is 4.79 Å². The van der Waals surface area contributed by atoms with Crippen molar-refractivity contribution in [3.05, 3.63) is 64.7 Å². The van der Waals surface area contributed by atoms with Crippen molar-refractivity contribution in [2.45, 2.75) is 18.6 Å². The van der Waals surface area contributed by atoms with Crippen molar-refractivity contribution < 1.29 is 28.9 Å². The van der Waals surface area contributed by atoms with Crippen LogP contribution in [0.5, 0.6) is 5.75 Å². The molecule has 9 heteroatoms. The van der Waals surface area contributed by atoms with E-state index in [1.54, 1.807) is 36.4 Å². The van der Waals surface area contributed by atoms with Crippen LogP contribution in [0.25, 0.3) is 0 Å². The van der Waals surface area contributed by atoms with Crippen molar-refractivity contribution in [2.24, 2.45) is 0 Å². The third kappa shape index (κ3) is 6.48. The minimum atomic E-state index is -0.946. The maximum absolute atomic E-state index is 13.1. The van der Waals surface area contributed by atoms with Gasteiger partial charge < -0.3 is 24.2 Å². The molecule has 2 aromatic rings. The van der Waals surface area contributed by atoms with Crippen molar-refractivity contribution in [3.63, 3.8) is 0 Å². The number of amides is 1. The number of carbonyl (C=O) groups is 2. The third-order valence-electron chi connectivity index (χ3n) is 6.09. The highest BCUT2D eigenvalue weighted by atomic mass is 35.5. The Morgan fingerprint density at radius 1 is 1.00 bits per heavy atom. The number of halogens is 1. The molecule has 1 atom stereocenters. The number of morpholine rings is 2. The Kier molecular flexibility index (Phi) is 8.05. The minimum Gasteiger partial charge on any atom is -0.491 e. The minimum absolute atomic E-state index is 0.0238. The normalized spacial score (nSPS) is 21.3. The molecule has 2 saturated heterocycles. The molecule has 2 aliphatic heterocycles. The van der Waals surface area contributed by atoms with Crippen LogP contribution in [0.4, 0.5) is 0 Å². The molecule has 2 aliphatic rings. The van der Waals surface area contributed by atoms with E-state index in [-0.39, 0.29) is 24.5 Å². The van der Waals surface area contributed by atoms with Crippen LogP contribution in [0.2, 0.25) is 5.02 Å². The molecule has 1 unspecified atom stereocenters. The van der Waals surface area contributed by atoms with Crippen molar-refractivity contribution >= 4 is 23.5 Å². The number of hydrogen-bond acceptors (Lipinski definition) is 6. The first-order chi connectivity index (χ1) is 16.4. The summed E-state index contributed by atoms with van der Waals surface area (Å²) < 4.78 is 17.7. The van der Waals surface area contributed by atoms with E-state index in [0.717, 1.165) is 5.56 Å². The van der Waals surface area contributed by atoms with E-state index in [1.165, 1.54) is 0 Å². The number of hydrogen-bond donors (Lipinski definition) is 1. The molecule has 0 aliphatic carbocycles. The van der Waals surface area contributed by atoms with Gasteiger partial charge in [0, 0.05) is 37.7 Å². The van der Waals surface area contributed by atoms with Crippen LogP contribution >= 0.6 is 11.6 Å². The number of nitrogens with zero attached hydrogens (tertiary/aromatic N) is 2. The summed E-state index contributed by atoms with van der Waals surface area (Å²) in [6, 6.07) is 14.0. The van der Waals surface area contributed by atoms with Gasteiger partial charge in [0.05, 0.1) is 31.8 Å². The summed E-state index contributed by atoms with van der Waals surface area (Å²) in [5.74, 6) is -0.263.